The zero-order valence-electron chi connectivity index (χ0n) is 17.7. The zero-order valence-corrected chi connectivity index (χ0v) is 17.7. The Hall–Kier alpha value is -2.86. The van der Waals surface area contributed by atoms with Gasteiger partial charge in [0.1, 0.15) is 11.6 Å². The fourth-order valence-corrected chi connectivity index (χ4v) is 2.55. The Bertz CT molecular complexity index is 829. The lowest BCUT2D eigenvalue weighted by Crippen LogP contribution is -2.48. The molecule has 6 heteroatoms. The summed E-state index contributed by atoms with van der Waals surface area (Å²) in [7, 11) is 0. The highest BCUT2D eigenvalue weighted by atomic mass is 16.6. The molecule has 0 unspecified atom stereocenters. The molecule has 2 rings (SSSR count). The number of aryl methyl sites for hydroxylation is 2. The Labute approximate surface area is 172 Å². The summed E-state index contributed by atoms with van der Waals surface area (Å²) < 4.78 is 11.0. The molecular formula is C23H30N2O4. The van der Waals surface area contributed by atoms with Crippen LogP contribution in [0.15, 0.2) is 48.5 Å². The van der Waals surface area contributed by atoms with Crippen molar-refractivity contribution in [2.45, 2.75) is 52.9 Å². The lowest BCUT2D eigenvalue weighted by atomic mass is 10.1. The van der Waals surface area contributed by atoms with Crippen LogP contribution >= 0.6 is 0 Å². The van der Waals surface area contributed by atoms with Crippen LogP contribution in [0.5, 0.6) is 0 Å². The molecule has 0 bridgehead atoms. The third-order valence-corrected chi connectivity index (χ3v) is 4.18. The maximum Gasteiger partial charge on any atom is 0.408 e. The molecule has 6 nitrogen and oxygen atoms in total. The molecule has 0 heterocycles. The minimum atomic E-state index is -0.893. The fourth-order valence-electron chi connectivity index (χ4n) is 2.55. The first-order valence-electron chi connectivity index (χ1n) is 9.63. The van der Waals surface area contributed by atoms with E-state index in [1.807, 2.05) is 62.4 Å². The van der Waals surface area contributed by atoms with Gasteiger partial charge >= 0.3 is 6.09 Å². The molecule has 156 valence electrons. The second-order valence-electron chi connectivity index (χ2n) is 7.99. The van der Waals surface area contributed by atoms with Gasteiger partial charge in [-0.25, -0.2) is 4.79 Å². The Balaban J connectivity index is 2.03. The van der Waals surface area contributed by atoms with Crippen LogP contribution in [0.2, 0.25) is 0 Å². The Kier molecular flexibility index (Phi) is 7.79. The number of rotatable bonds is 7. The predicted octanol–water partition coefficient (Wildman–Crippen LogP) is 4.35. The van der Waals surface area contributed by atoms with E-state index in [1.54, 1.807) is 20.8 Å². The normalized spacial score (nSPS) is 12.2. The largest absolute Gasteiger partial charge is 0.444 e. The summed E-state index contributed by atoms with van der Waals surface area (Å²) in [6, 6.07) is 14.4. The van der Waals surface area contributed by atoms with Gasteiger partial charge in [-0.05, 0) is 63.4 Å². The lowest BCUT2D eigenvalue weighted by Gasteiger charge is -2.23. The molecule has 0 radical (unpaired) electrons. The van der Waals surface area contributed by atoms with E-state index in [0.717, 1.165) is 16.7 Å². The summed E-state index contributed by atoms with van der Waals surface area (Å²) in [5.41, 5.74) is 3.19. The topological polar surface area (TPSA) is 76.7 Å². The lowest BCUT2D eigenvalue weighted by molar-refractivity contribution is -0.119. The minimum Gasteiger partial charge on any atom is -0.444 e. The number of anilines is 1. The average Bonchev–Trinajstić information content (AvgIpc) is 2.63. The van der Waals surface area contributed by atoms with Crippen LogP contribution < -0.4 is 10.6 Å². The number of ether oxygens (including phenoxy) is 2. The summed E-state index contributed by atoms with van der Waals surface area (Å²) in [5.74, 6) is -0.368. The van der Waals surface area contributed by atoms with Crippen LogP contribution in [-0.2, 0) is 20.9 Å². The molecule has 2 aromatic carbocycles. The first kappa shape index (κ1) is 22.4. The van der Waals surface area contributed by atoms with E-state index < -0.39 is 17.7 Å². The number of hydrogen-bond donors (Lipinski definition) is 2. The number of carbonyl (C=O) groups is 2. The molecule has 0 aliphatic heterocycles. The van der Waals surface area contributed by atoms with Crippen LogP contribution in [0, 0.1) is 13.8 Å². The quantitative estimate of drug-likeness (QED) is 0.727. The summed E-state index contributed by atoms with van der Waals surface area (Å²) in [4.78, 5) is 25.0. The number of hydrogen-bond acceptors (Lipinski definition) is 4. The first-order valence-corrected chi connectivity index (χ1v) is 9.63. The number of amides is 2. The monoisotopic (exact) mass is 398 g/mol. The van der Waals surface area contributed by atoms with Crippen molar-refractivity contribution >= 4 is 17.7 Å². The molecule has 2 amide bonds. The Morgan fingerprint density at radius 1 is 1.00 bits per heavy atom. The number of alkyl carbamates (subject to hydrolysis) is 1. The molecule has 1 atom stereocenters. The average molecular weight is 399 g/mol. The van der Waals surface area contributed by atoms with Gasteiger partial charge in [-0.15, -0.1) is 0 Å². The standard InChI is InChI=1S/C23H30N2O4/c1-16-11-12-19(13-17(16)2)24-21(26)20(25-22(27)29-23(3,4)5)15-28-14-18-9-7-6-8-10-18/h6-13,20H,14-15H2,1-5H3,(H,24,26)(H,25,27)/t20-/m0/s1. The van der Waals surface area contributed by atoms with Gasteiger partial charge in [0.15, 0.2) is 0 Å². The van der Waals surface area contributed by atoms with Crippen LogP contribution in [-0.4, -0.2) is 30.3 Å². The molecule has 0 saturated heterocycles. The first-order chi connectivity index (χ1) is 13.6. The van der Waals surface area contributed by atoms with Gasteiger partial charge in [0, 0.05) is 5.69 Å². The second kappa shape index (κ2) is 10.1. The van der Waals surface area contributed by atoms with E-state index in [0.29, 0.717) is 12.3 Å². The third-order valence-electron chi connectivity index (χ3n) is 4.18. The minimum absolute atomic E-state index is 0.0187. The van der Waals surface area contributed by atoms with Gasteiger partial charge in [-0.2, -0.15) is 0 Å². The van der Waals surface area contributed by atoms with Crippen LogP contribution in [0.1, 0.15) is 37.5 Å². The molecule has 0 aromatic heterocycles. The van der Waals surface area contributed by atoms with E-state index in [4.69, 9.17) is 9.47 Å². The van der Waals surface area contributed by atoms with Crippen molar-refractivity contribution < 1.29 is 19.1 Å². The van der Waals surface area contributed by atoms with Crippen LogP contribution in [0.4, 0.5) is 10.5 Å². The summed E-state index contributed by atoms with van der Waals surface area (Å²) in [6.07, 6.45) is -0.666. The van der Waals surface area contributed by atoms with Gasteiger partial charge in [0.2, 0.25) is 5.91 Å². The van der Waals surface area contributed by atoms with Crippen LogP contribution in [0.25, 0.3) is 0 Å². The maximum absolute atomic E-state index is 12.8. The van der Waals surface area contributed by atoms with Crippen LogP contribution in [0.3, 0.4) is 0 Å². The highest BCUT2D eigenvalue weighted by Crippen LogP contribution is 2.15. The smallest absolute Gasteiger partial charge is 0.408 e. The third kappa shape index (κ3) is 7.95. The molecule has 2 aromatic rings. The van der Waals surface area contributed by atoms with E-state index in [9.17, 15) is 9.59 Å². The molecular weight excluding hydrogens is 368 g/mol. The molecule has 2 N–H and O–H groups in total. The van der Waals surface area contributed by atoms with Gasteiger partial charge in [-0.3, -0.25) is 4.79 Å². The molecule has 0 saturated carbocycles. The van der Waals surface area contributed by atoms with Crippen molar-refractivity contribution in [3.05, 3.63) is 65.2 Å². The van der Waals surface area contributed by atoms with Gasteiger partial charge < -0.3 is 20.1 Å². The molecule has 0 spiro atoms. The Morgan fingerprint density at radius 3 is 2.31 bits per heavy atom. The number of carbonyl (C=O) groups excluding carboxylic acids is 2. The predicted molar refractivity (Wildman–Crippen MR) is 114 cm³/mol. The zero-order chi connectivity index (χ0) is 21.4. The molecule has 29 heavy (non-hydrogen) atoms. The van der Waals surface area contributed by atoms with E-state index in [-0.39, 0.29) is 12.5 Å². The molecule has 0 aliphatic carbocycles. The fraction of sp³-hybridized carbons (Fsp3) is 0.391. The van der Waals surface area contributed by atoms with E-state index in [2.05, 4.69) is 10.6 Å². The van der Waals surface area contributed by atoms with Crippen molar-refractivity contribution in [1.82, 2.24) is 5.32 Å². The highest BCUT2D eigenvalue weighted by molar-refractivity contribution is 5.96. The Morgan fingerprint density at radius 2 is 1.69 bits per heavy atom. The van der Waals surface area contributed by atoms with Gasteiger partial charge in [0.25, 0.3) is 0 Å². The summed E-state index contributed by atoms with van der Waals surface area (Å²) >= 11 is 0. The maximum atomic E-state index is 12.8. The van der Waals surface area contributed by atoms with Crippen molar-refractivity contribution in [3.63, 3.8) is 0 Å². The summed E-state index contributed by atoms with van der Waals surface area (Å²) in [5, 5.41) is 5.45. The molecule has 0 fully saturated rings. The summed E-state index contributed by atoms with van der Waals surface area (Å²) in [6.45, 7) is 9.64. The number of nitrogens with one attached hydrogen (secondary N) is 2. The SMILES string of the molecule is Cc1ccc(NC(=O)[C@H](COCc2ccccc2)NC(=O)OC(C)(C)C)cc1C. The highest BCUT2D eigenvalue weighted by Gasteiger charge is 2.25. The van der Waals surface area contributed by atoms with Gasteiger partial charge in [-0.1, -0.05) is 36.4 Å². The van der Waals surface area contributed by atoms with Gasteiger partial charge in [0.05, 0.1) is 13.2 Å². The molecule has 0 aliphatic rings. The van der Waals surface area contributed by atoms with Crippen molar-refractivity contribution in [1.29, 1.82) is 0 Å². The van der Waals surface area contributed by atoms with E-state index >= 15 is 0 Å². The van der Waals surface area contributed by atoms with E-state index in [1.165, 1.54) is 0 Å². The second-order valence-corrected chi connectivity index (χ2v) is 7.99. The van der Waals surface area contributed by atoms with Crippen molar-refractivity contribution in [3.8, 4) is 0 Å². The number of benzene rings is 2. The van der Waals surface area contributed by atoms with Crippen molar-refractivity contribution in [2.75, 3.05) is 11.9 Å². The van der Waals surface area contributed by atoms with Crippen molar-refractivity contribution in [2.24, 2.45) is 0 Å².